The fourth-order valence-corrected chi connectivity index (χ4v) is 3.72. The van der Waals surface area contributed by atoms with Crippen LogP contribution in [-0.2, 0) is 0 Å². The highest BCUT2D eigenvalue weighted by Crippen LogP contribution is 2.32. The first-order valence-electron chi connectivity index (χ1n) is 10.9. The van der Waals surface area contributed by atoms with E-state index in [0.717, 1.165) is 22.6 Å². The molecule has 10 nitrogen and oxygen atoms in total. The summed E-state index contributed by atoms with van der Waals surface area (Å²) in [6.45, 7) is 0. The highest BCUT2D eigenvalue weighted by molar-refractivity contribution is 5.85. The lowest BCUT2D eigenvalue weighted by atomic mass is 10.1. The first-order chi connectivity index (χ1) is 17.5. The summed E-state index contributed by atoms with van der Waals surface area (Å²) in [6, 6.07) is 16.4. The van der Waals surface area contributed by atoms with Gasteiger partial charge in [-0.3, -0.25) is 0 Å². The van der Waals surface area contributed by atoms with Crippen molar-refractivity contribution in [3.8, 4) is 22.8 Å². The third kappa shape index (κ3) is 4.60. The minimum Gasteiger partial charge on any atom is -0.493 e. The van der Waals surface area contributed by atoms with Gasteiger partial charge in [0, 0.05) is 41.6 Å². The van der Waals surface area contributed by atoms with E-state index in [1.165, 1.54) is 12.3 Å². The highest BCUT2D eigenvalue weighted by atomic mass is 16.5. The molecule has 0 aliphatic heterocycles. The molecule has 3 aromatic heterocycles. The quantitative estimate of drug-likeness (QED) is 0.280. The second-order valence-electron chi connectivity index (χ2n) is 7.77. The molecular weight excluding hydrogens is 460 g/mol. The van der Waals surface area contributed by atoms with Crippen molar-refractivity contribution in [3.63, 3.8) is 0 Å². The third-order valence-electron chi connectivity index (χ3n) is 5.45. The molecule has 0 saturated carbocycles. The van der Waals surface area contributed by atoms with Crippen LogP contribution < -0.4 is 20.1 Å². The van der Waals surface area contributed by atoms with Crippen LogP contribution in [0.3, 0.4) is 0 Å². The molecule has 0 fully saturated rings. The molecule has 5 aromatic rings. The Labute approximate surface area is 206 Å². The average Bonchev–Trinajstić information content (AvgIpc) is 3.38. The fraction of sp³-hybridized carbons (Fsp3) is 0.0769. The average molecular weight is 483 g/mol. The lowest BCUT2D eigenvalue weighted by Crippen LogP contribution is -2.01. The number of aromatic nitrogens is 4. The summed E-state index contributed by atoms with van der Waals surface area (Å²) in [6.07, 6.45) is 6.96. The zero-order valence-corrected chi connectivity index (χ0v) is 19.5. The Morgan fingerprint density at radius 3 is 2.47 bits per heavy atom. The van der Waals surface area contributed by atoms with Crippen molar-refractivity contribution in [1.29, 1.82) is 0 Å². The number of benzene rings is 2. The van der Waals surface area contributed by atoms with Gasteiger partial charge in [-0.25, -0.2) is 19.7 Å². The number of hydrogen-bond donors (Lipinski definition) is 3. The van der Waals surface area contributed by atoms with Gasteiger partial charge in [0.25, 0.3) is 0 Å². The van der Waals surface area contributed by atoms with Gasteiger partial charge in [0.1, 0.15) is 5.69 Å². The van der Waals surface area contributed by atoms with Crippen molar-refractivity contribution in [2.24, 2.45) is 0 Å². The van der Waals surface area contributed by atoms with E-state index < -0.39 is 5.97 Å². The lowest BCUT2D eigenvalue weighted by Gasteiger charge is -2.13. The van der Waals surface area contributed by atoms with Crippen LogP contribution in [0, 0.1) is 0 Å². The molecule has 10 heteroatoms. The Balaban J connectivity index is 1.46. The molecule has 3 N–H and O–H groups in total. The number of pyridine rings is 1. The Hall–Kier alpha value is -5.12. The lowest BCUT2D eigenvalue weighted by molar-refractivity contribution is 0.0690. The van der Waals surface area contributed by atoms with Crippen LogP contribution in [0.15, 0.2) is 79.4 Å². The van der Waals surface area contributed by atoms with Gasteiger partial charge in [-0.2, -0.15) is 0 Å². The van der Waals surface area contributed by atoms with Gasteiger partial charge in [-0.1, -0.05) is 12.1 Å². The van der Waals surface area contributed by atoms with E-state index in [4.69, 9.17) is 19.6 Å². The number of anilines is 4. The summed E-state index contributed by atoms with van der Waals surface area (Å²) < 4.78 is 12.6. The number of fused-ring (bicyclic) bond motifs is 1. The van der Waals surface area contributed by atoms with Crippen molar-refractivity contribution in [2.45, 2.75) is 0 Å². The van der Waals surface area contributed by atoms with Crippen molar-refractivity contribution in [1.82, 2.24) is 19.4 Å². The van der Waals surface area contributed by atoms with Crippen molar-refractivity contribution >= 4 is 34.5 Å². The standard InChI is InChI=1S/C26H22N6O4/c1-35-22-9-7-18(13-23(22)36-2)30-24-25-27-10-11-32(25)15-21(31-24)16-4-3-5-17(12-16)29-19-6-8-20(26(33)34)28-14-19/h3-15,29H,1-2H3,(H,30,31)(H,33,34). The molecule has 180 valence electrons. The van der Waals surface area contributed by atoms with Crippen molar-refractivity contribution in [3.05, 3.63) is 85.1 Å². The van der Waals surface area contributed by atoms with Crippen LogP contribution in [0.5, 0.6) is 11.5 Å². The molecular formula is C26H22N6O4. The van der Waals surface area contributed by atoms with E-state index in [-0.39, 0.29) is 5.69 Å². The highest BCUT2D eigenvalue weighted by Gasteiger charge is 2.12. The molecule has 0 bridgehead atoms. The van der Waals surface area contributed by atoms with Gasteiger partial charge in [-0.05, 0) is 36.4 Å². The number of imidazole rings is 1. The molecule has 0 aliphatic carbocycles. The fourth-order valence-electron chi connectivity index (χ4n) is 3.72. The van der Waals surface area contributed by atoms with Crippen LogP contribution in [0.2, 0.25) is 0 Å². The largest absolute Gasteiger partial charge is 0.493 e. The number of nitrogens with zero attached hydrogens (tertiary/aromatic N) is 4. The van der Waals surface area contributed by atoms with Gasteiger partial charge >= 0.3 is 5.97 Å². The number of methoxy groups -OCH3 is 2. The maximum Gasteiger partial charge on any atom is 0.354 e. The van der Waals surface area contributed by atoms with Crippen LogP contribution in [-0.4, -0.2) is 44.6 Å². The van der Waals surface area contributed by atoms with E-state index in [1.54, 1.807) is 26.5 Å². The molecule has 0 radical (unpaired) electrons. The SMILES string of the molecule is COc1ccc(Nc2nc(-c3cccc(Nc4ccc(C(=O)O)nc4)c3)cn3ccnc23)cc1OC. The van der Waals surface area contributed by atoms with E-state index in [2.05, 4.69) is 20.6 Å². The third-order valence-corrected chi connectivity index (χ3v) is 5.45. The summed E-state index contributed by atoms with van der Waals surface area (Å²) in [4.78, 5) is 24.3. The first-order valence-corrected chi connectivity index (χ1v) is 10.9. The zero-order chi connectivity index (χ0) is 25.1. The summed E-state index contributed by atoms with van der Waals surface area (Å²) in [7, 11) is 3.18. The van der Waals surface area contributed by atoms with Crippen LogP contribution in [0.1, 0.15) is 10.5 Å². The predicted molar refractivity (Wildman–Crippen MR) is 136 cm³/mol. The number of ether oxygens (including phenoxy) is 2. The Kier molecular flexibility index (Phi) is 6.06. The Morgan fingerprint density at radius 1 is 0.917 bits per heavy atom. The minimum atomic E-state index is -1.07. The molecule has 0 aliphatic rings. The monoisotopic (exact) mass is 482 g/mol. The second kappa shape index (κ2) is 9.63. The number of nitrogens with one attached hydrogen (secondary N) is 2. The Bertz CT molecular complexity index is 1550. The number of aromatic carboxylic acids is 1. The number of carboxylic acids is 1. The van der Waals surface area contributed by atoms with E-state index in [0.29, 0.717) is 28.7 Å². The molecule has 0 unspecified atom stereocenters. The minimum absolute atomic E-state index is 0.0124. The van der Waals surface area contributed by atoms with Crippen LogP contribution in [0.4, 0.5) is 22.9 Å². The molecule has 0 amide bonds. The smallest absolute Gasteiger partial charge is 0.354 e. The number of carbonyl (C=O) groups is 1. The van der Waals surface area contributed by atoms with E-state index in [9.17, 15) is 4.79 Å². The second-order valence-corrected chi connectivity index (χ2v) is 7.77. The summed E-state index contributed by atoms with van der Waals surface area (Å²) >= 11 is 0. The van der Waals surface area contributed by atoms with Gasteiger partial charge in [0.2, 0.25) is 0 Å². The summed E-state index contributed by atoms with van der Waals surface area (Å²) in [5.41, 5.74) is 4.52. The molecule has 5 rings (SSSR count). The molecule has 36 heavy (non-hydrogen) atoms. The first kappa shape index (κ1) is 22.7. The van der Waals surface area contributed by atoms with Crippen molar-refractivity contribution < 1.29 is 19.4 Å². The number of carboxylic acid groups (broad SMARTS) is 1. The van der Waals surface area contributed by atoms with Gasteiger partial charge in [0.05, 0.1) is 31.8 Å². The molecule has 0 spiro atoms. The molecule has 0 atom stereocenters. The number of hydrogen-bond acceptors (Lipinski definition) is 8. The molecule has 2 aromatic carbocycles. The normalized spacial score (nSPS) is 10.7. The Morgan fingerprint density at radius 2 is 1.72 bits per heavy atom. The summed E-state index contributed by atoms with van der Waals surface area (Å²) in [5, 5.41) is 15.6. The van der Waals surface area contributed by atoms with Crippen LogP contribution >= 0.6 is 0 Å². The topological polar surface area (TPSA) is 123 Å². The van der Waals surface area contributed by atoms with Gasteiger partial charge < -0.3 is 29.6 Å². The van der Waals surface area contributed by atoms with E-state index >= 15 is 0 Å². The van der Waals surface area contributed by atoms with E-state index in [1.807, 2.05) is 59.3 Å². The van der Waals surface area contributed by atoms with Gasteiger partial charge in [-0.15, -0.1) is 0 Å². The molecule has 3 heterocycles. The maximum absolute atomic E-state index is 11.0. The zero-order valence-electron chi connectivity index (χ0n) is 19.5. The van der Waals surface area contributed by atoms with Gasteiger partial charge in [0.15, 0.2) is 23.0 Å². The predicted octanol–water partition coefficient (Wildman–Crippen LogP) is 4.99. The molecule has 0 saturated heterocycles. The van der Waals surface area contributed by atoms with Crippen LogP contribution in [0.25, 0.3) is 16.9 Å². The maximum atomic E-state index is 11.0. The number of rotatable bonds is 8. The summed E-state index contributed by atoms with van der Waals surface area (Å²) in [5.74, 6) is 0.744. The van der Waals surface area contributed by atoms with Crippen molar-refractivity contribution in [2.75, 3.05) is 24.9 Å².